The summed E-state index contributed by atoms with van der Waals surface area (Å²) in [6, 6.07) is 13.6. The molecule has 0 fully saturated rings. The third-order valence-electron chi connectivity index (χ3n) is 3.40. The van der Waals surface area contributed by atoms with E-state index in [1.807, 2.05) is 56.4 Å². The highest BCUT2D eigenvalue weighted by atomic mass is 16.5. The van der Waals surface area contributed by atoms with Gasteiger partial charge in [-0.25, -0.2) is 0 Å². The maximum atomic E-state index is 12.0. The summed E-state index contributed by atoms with van der Waals surface area (Å²) in [5, 5.41) is 0. The van der Waals surface area contributed by atoms with Crippen LogP contribution in [0.1, 0.15) is 23.0 Å². The molecule has 0 spiro atoms. The summed E-state index contributed by atoms with van der Waals surface area (Å²) >= 11 is 0. The SMILES string of the molecule is COC(=O)C(CN(C)Cc1ccc(C)o1)c1ccccc1. The molecule has 1 heterocycles. The van der Waals surface area contributed by atoms with Crippen LogP contribution in [0.15, 0.2) is 46.9 Å². The van der Waals surface area contributed by atoms with E-state index in [1.54, 1.807) is 0 Å². The van der Waals surface area contributed by atoms with Crippen LogP contribution in [0.3, 0.4) is 0 Å². The Morgan fingerprint density at radius 1 is 1.24 bits per heavy atom. The predicted molar refractivity (Wildman–Crippen MR) is 81.0 cm³/mol. The van der Waals surface area contributed by atoms with Gasteiger partial charge in [-0.3, -0.25) is 9.69 Å². The molecule has 0 saturated carbocycles. The monoisotopic (exact) mass is 287 g/mol. The van der Waals surface area contributed by atoms with Crippen molar-refractivity contribution in [2.24, 2.45) is 0 Å². The molecule has 2 rings (SSSR count). The Hall–Kier alpha value is -2.07. The molecule has 1 aromatic heterocycles. The number of ether oxygens (including phenoxy) is 1. The number of nitrogens with zero attached hydrogens (tertiary/aromatic N) is 1. The minimum Gasteiger partial charge on any atom is -0.469 e. The number of esters is 1. The van der Waals surface area contributed by atoms with E-state index < -0.39 is 0 Å². The Kier molecular flexibility index (Phi) is 5.17. The molecule has 0 amide bonds. The third kappa shape index (κ3) is 4.20. The van der Waals surface area contributed by atoms with E-state index in [-0.39, 0.29) is 11.9 Å². The van der Waals surface area contributed by atoms with Gasteiger partial charge in [-0.2, -0.15) is 0 Å². The number of furan rings is 1. The van der Waals surface area contributed by atoms with Crippen LogP contribution in [-0.4, -0.2) is 31.6 Å². The highest BCUT2D eigenvalue weighted by Gasteiger charge is 2.23. The van der Waals surface area contributed by atoms with Crippen LogP contribution in [0.5, 0.6) is 0 Å². The Morgan fingerprint density at radius 2 is 1.95 bits per heavy atom. The smallest absolute Gasteiger partial charge is 0.314 e. The molecule has 0 aliphatic heterocycles. The van der Waals surface area contributed by atoms with Crippen molar-refractivity contribution in [3.8, 4) is 0 Å². The number of likely N-dealkylation sites (N-methyl/N-ethyl adjacent to an activating group) is 1. The Labute approximate surface area is 125 Å². The molecule has 0 N–H and O–H groups in total. The van der Waals surface area contributed by atoms with Crippen LogP contribution in [0.2, 0.25) is 0 Å². The van der Waals surface area contributed by atoms with Gasteiger partial charge >= 0.3 is 5.97 Å². The standard InChI is InChI=1S/C17H21NO3/c1-13-9-10-15(21-13)11-18(2)12-16(17(19)20-3)14-7-5-4-6-8-14/h4-10,16H,11-12H2,1-3H3. The lowest BCUT2D eigenvalue weighted by Gasteiger charge is -2.22. The molecular weight excluding hydrogens is 266 g/mol. The van der Waals surface area contributed by atoms with Gasteiger partial charge < -0.3 is 9.15 Å². The third-order valence-corrected chi connectivity index (χ3v) is 3.40. The Balaban J connectivity index is 2.06. The molecule has 1 atom stereocenters. The van der Waals surface area contributed by atoms with Gasteiger partial charge in [0.2, 0.25) is 0 Å². The fourth-order valence-corrected chi connectivity index (χ4v) is 2.36. The van der Waals surface area contributed by atoms with Crippen molar-refractivity contribution < 1.29 is 13.9 Å². The van der Waals surface area contributed by atoms with E-state index in [2.05, 4.69) is 4.90 Å². The predicted octanol–water partition coefficient (Wildman–Crippen LogP) is 2.98. The first-order valence-corrected chi connectivity index (χ1v) is 6.96. The molecule has 1 unspecified atom stereocenters. The van der Waals surface area contributed by atoms with E-state index in [0.717, 1.165) is 17.1 Å². The lowest BCUT2D eigenvalue weighted by molar-refractivity contribution is -0.142. The van der Waals surface area contributed by atoms with E-state index in [4.69, 9.17) is 9.15 Å². The second kappa shape index (κ2) is 7.09. The highest BCUT2D eigenvalue weighted by Crippen LogP contribution is 2.19. The number of aryl methyl sites for hydroxylation is 1. The molecule has 0 bridgehead atoms. The van der Waals surface area contributed by atoms with Gasteiger partial charge in [-0.1, -0.05) is 30.3 Å². The van der Waals surface area contributed by atoms with Gasteiger partial charge in [0.1, 0.15) is 11.5 Å². The average Bonchev–Trinajstić information content (AvgIpc) is 2.90. The molecule has 112 valence electrons. The van der Waals surface area contributed by atoms with E-state index >= 15 is 0 Å². The first kappa shape index (κ1) is 15.3. The second-order valence-electron chi connectivity index (χ2n) is 5.20. The normalized spacial score (nSPS) is 12.4. The molecule has 4 heteroatoms. The number of carbonyl (C=O) groups excluding carboxylic acids is 1. The Bertz CT molecular complexity index is 577. The van der Waals surface area contributed by atoms with Crippen molar-refractivity contribution in [1.82, 2.24) is 4.90 Å². The van der Waals surface area contributed by atoms with Gasteiger partial charge in [0.05, 0.1) is 19.6 Å². The van der Waals surface area contributed by atoms with Crippen molar-refractivity contribution in [2.75, 3.05) is 20.7 Å². The summed E-state index contributed by atoms with van der Waals surface area (Å²) in [6.45, 7) is 3.16. The largest absolute Gasteiger partial charge is 0.469 e. The zero-order valence-electron chi connectivity index (χ0n) is 12.7. The minimum absolute atomic E-state index is 0.219. The van der Waals surface area contributed by atoms with Crippen molar-refractivity contribution in [3.63, 3.8) is 0 Å². The molecule has 0 radical (unpaired) electrons. The van der Waals surface area contributed by atoms with E-state index in [0.29, 0.717) is 13.1 Å². The molecule has 1 aromatic carbocycles. The second-order valence-corrected chi connectivity index (χ2v) is 5.20. The maximum Gasteiger partial charge on any atom is 0.314 e. The lowest BCUT2D eigenvalue weighted by Crippen LogP contribution is -2.29. The van der Waals surface area contributed by atoms with Gasteiger partial charge in [0.25, 0.3) is 0 Å². The fourth-order valence-electron chi connectivity index (χ4n) is 2.36. The van der Waals surface area contributed by atoms with Crippen molar-refractivity contribution >= 4 is 5.97 Å². The van der Waals surface area contributed by atoms with Crippen LogP contribution in [0, 0.1) is 6.92 Å². The fraction of sp³-hybridized carbons (Fsp3) is 0.353. The summed E-state index contributed by atoms with van der Waals surface area (Å²) < 4.78 is 10.5. The zero-order valence-corrected chi connectivity index (χ0v) is 12.7. The van der Waals surface area contributed by atoms with E-state index in [1.165, 1.54) is 7.11 Å². The highest BCUT2D eigenvalue weighted by molar-refractivity contribution is 5.78. The van der Waals surface area contributed by atoms with Crippen molar-refractivity contribution in [2.45, 2.75) is 19.4 Å². The summed E-state index contributed by atoms with van der Waals surface area (Å²) in [4.78, 5) is 14.1. The van der Waals surface area contributed by atoms with Crippen LogP contribution >= 0.6 is 0 Å². The molecule has 0 aliphatic rings. The van der Waals surface area contributed by atoms with Gasteiger partial charge in [0.15, 0.2) is 0 Å². The summed E-state index contributed by atoms with van der Waals surface area (Å²) in [6.07, 6.45) is 0. The van der Waals surface area contributed by atoms with Crippen LogP contribution in [-0.2, 0) is 16.1 Å². The number of hydrogen-bond acceptors (Lipinski definition) is 4. The molecule has 21 heavy (non-hydrogen) atoms. The first-order valence-electron chi connectivity index (χ1n) is 6.96. The summed E-state index contributed by atoms with van der Waals surface area (Å²) in [7, 11) is 3.39. The van der Waals surface area contributed by atoms with Crippen LogP contribution in [0.25, 0.3) is 0 Å². The average molecular weight is 287 g/mol. The van der Waals surface area contributed by atoms with Crippen molar-refractivity contribution in [1.29, 1.82) is 0 Å². The summed E-state index contributed by atoms with van der Waals surface area (Å²) in [5.74, 6) is 1.28. The molecular formula is C17H21NO3. The number of hydrogen-bond donors (Lipinski definition) is 0. The number of rotatable bonds is 6. The lowest BCUT2D eigenvalue weighted by atomic mass is 9.99. The van der Waals surface area contributed by atoms with Crippen LogP contribution in [0.4, 0.5) is 0 Å². The number of benzene rings is 1. The minimum atomic E-state index is -0.294. The summed E-state index contributed by atoms with van der Waals surface area (Å²) in [5.41, 5.74) is 0.965. The maximum absolute atomic E-state index is 12.0. The molecule has 0 aliphatic carbocycles. The van der Waals surface area contributed by atoms with Gasteiger partial charge in [0, 0.05) is 6.54 Å². The van der Waals surface area contributed by atoms with E-state index in [9.17, 15) is 4.79 Å². The molecule has 2 aromatic rings. The topological polar surface area (TPSA) is 42.7 Å². The number of methoxy groups -OCH3 is 1. The quantitative estimate of drug-likeness (QED) is 0.766. The van der Waals surface area contributed by atoms with Crippen molar-refractivity contribution in [3.05, 3.63) is 59.5 Å². The van der Waals surface area contributed by atoms with Gasteiger partial charge in [-0.05, 0) is 31.7 Å². The first-order chi connectivity index (χ1) is 10.1. The number of carbonyl (C=O) groups is 1. The van der Waals surface area contributed by atoms with Gasteiger partial charge in [-0.15, -0.1) is 0 Å². The molecule has 4 nitrogen and oxygen atoms in total. The Morgan fingerprint density at radius 3 is 2.52 bits per heavy atom. The van der Waals surface area contributed by atoms with Crippen LogP contribution < -0.4 is 0 Å². The molecule has 0 saturated heterocycles. The zero-order chi connectivity index (χ0) is 15.2.